The Bertz CT molecular complexity index is 308. The Kier molecular flexibility index (Phi) is 3.93. The van der Waals surface area contributed by atoms with E-state index in [4.69, 9.17) is 17.3 Å². The highest BCUT2D eigenvalue weighted by molar-refractivity contribution is 6.30. The zero-order valence-corrected chi connectivity index (χ0v) is 8.38. The molecule has 1 rings (SSSR count). The lowest BCUT2D eigenvalue weighted by atomic mass is 10.2. The van der Waals surface area contributed by atoms with Gasteiger partial charge in [-0.05, 0) is 37.6 Å². The molecule has 0 radical (unpaired) electrons. The molecule has 0 spiro atoms. The molecule has 3 heteroatoms. The van der Waals surface area contributed by atoms with Crippen molar-refractivity contribution >= 4 is 17.7 Å². The fourth-order valence-corrected chi connectivity index (χ4v) is 1.23. The van der Waals surface area contributed by atoms with E-state index in [2.05, 4.69) is 4.98 Å². The van der Waals surface area contributed by atoms with Crippen molar-refractivity contribution < 1.29 is 0 Å². The SMILES string of the molecule is Cc1cc(Cl)cnc1C=CCCN. The summed E-state index contributed by atoms with van der Waals surface area (Å²) >= 11 is 5.77. The number of nitrogens with zero attached hydrogens (tertiary/aromatic N) is 1. The molecular weight excluding hydrogens is 184 g/mol. The molecule has 0 aliphatic rings. The molecule has 1 aromatic rings. The lowest BCUT2D eigenvalue weighted by Crippen LogP contribution is -1.95. The minimum atomic E-state index is 0.670. The molecule has 0 fully saturated rings. The van der Waals surface area contributed by atoms with Crippen LogP contribution in [0, 0.1) is 6.92 Å². The van der Waals surface area contributed by atoms with E-state index in [1.165, 1.54) is 0 Å². The van der Waals surface area contributed by atoms with Crippen LogP contribution in [0.2, 0.25) is 5.02 Å². The van der Waals surface area contributed by atoms with Crippen LogP contribution in [0.4, 0.5) is 0 Å². The Morgan fingerprint density at radius 1 is 1.62 bits per heavy atom. The predicted molar refractivity (Wildman–Crippen MR) is 56.7 cm³/mol. The van der Waals surface area contributed by atoms with Gasteiger partial charge in [0, 0.05) is 6.20 Å². The summed E-state index contributed by atoms with van der Waals surface area (Å²) in [5, 5.41) is 0.675. The van der Waals surface area contributed by atoms with Crippen LogP contribution in [0.15, 0.2) is 18.3 Å². The van der Waals surface area contributed by atoms with Crippen LogP contribution in [-0.2, 0) is 0 Å². The smallest absolute Gasteiger partial charge is 0.0656 e. The van der Waals surface area contributed by atoms with Gasteiger partial charge in [-0.15, -0.1) is 0 Å². The third-order valence-corrected chi connectivity index (χ3v) is 1.90. The molecule has 0 saturated heterocycles. The van der Waals surface area contributed by atoms with Gasteiger partial charge in [-0.1, -0.05) is 17.7 Å². The molecule has 0 saturated carbocycles. The molecule has 0 aromatic carbocycles. The first-order valence-corrected chi connectivity index (χ1v) is 4.60. The van der Waals surface area contributed by atoms with Gasteiger partial charge in [0.2, 0.25) is 0 Å². The first-order chi connectivity index (χ1) is 6.24. The van der Waals surface area contributed by atoms with E-state index >= 15 is 0 Å². The van der Waals surface area contributed by atoms with Gasteiger partial charge in [-0.3, -0.25) is 4.98 Å². The van der Waals surface area contributed by atoms with Crippen LogP contribution < -0.4 is 5.73 Å². The summed E-state index contributed by atoms with van der Waals surface area (Å²) in [4.78, 5) is 4.19. The normalized spacial score (nSPS) is 11.0. The molecular formula is C10H13ClN2. The van der Waals surface area contributed by atoms with Crippen LogP contribution in [0.25, 0.3) is 6.08 Å². The fourth-order valence-electron chi connectivity index (χ4n) is 1.02. The topological polar surface area (TPSA) is 38.9 Å². The highest BCUT2D eigenvalue weighted by Crippen LogP contribution is 2.13. The first kappa shape index (κ1) is 10.2. The maximum absolute atomic E-state index is 5.77. The van der Waals surface area contributed by atoms with Crippen molar-refractivity contribution in [1.82, 2.24) is 4.98 Å². The van der Waals surface area contributed by atoms with Crippen molar-refractivity contribution in [2.75, 3.05) is 6.54 Å². The molecule has 2 nitrogen and oxygen atoms in total. The number of halogens is 1. The molecule has 0 bridgehead atoms. The van der Waals surface area contributed by atoms with E-state index < -0.39 is 0 Å². The minimum Gasteiger partial charge on any atom is -0.330 e. The number of aromatic nitrogens is 1. The molecule has 0 unspecified atom stereocenters. The Hall–Kier alpha value is -0.860. The molecule has 0 atom stereocenters. The second-order valence-electron chi connectivity index (χ2n) is 2.84. The van der Waals surface area contributed by atoms with E-state index in [0.717, 1.165) is 17.7 Å². The number of hydrogen-bond acceptors (Lipinski definition) is 2. The number of nitrogens with two attached hydrogens (primary N) is 1. The summed E-state index contributed by atoms with van der Waals surface area (Å²) in [6, 6.07) is 1.90. The zero-order chi connectivity index (χ0) is 9.68. The molecule has 2 N–H and O–H groups in total. The molecule has 70 valence electrons. The maximum atomic E-state index is 5.77. The van der Waals surface area contributed by atoms with Crippen LogP contribution >= 0.6 is 11.6 Å². The zero-order valence-electron chi connectivity index (χ0n) is 7.63. The third kappa shape index (κ3) is 3.17. The quantitative estimate of drug-likeness (QED) is 0.807. The molecule has 0 aliphatic carbocycles. The Morgan fingerprint density at radius 3 is 3.00 bits per heavy atom. The molecule has 13 heavy (non-hydrogen) atoms. The summed E-state index contributed by atoms with van der Waals surface area (Å²) < 4.78 is 0. The van der Waals surface area contributed by atoms with Gasteiger partial charge in [0.25, 0.3) is 0 Å². The van der Waals surface area contributed by atoms with Crippen molar-refractivity contribution in [3.05, 3.63) is 34.6 Å². The highest BCUT2D eigenvalue weighted by atomic mass is 35.5. The van der Waals surface area contributed by atoms with Crippen molar-refractivity contribution in [1.29, 1.82) is 0 Å². The van der Waals surface area contributed by atoms with E-state index in [1.807, 2.05) is 25.1 Å². The van der Waals surface area contributed by atoms with E-state index in [0.29, 0.717) is 11.6 Å². The van der Waals surface area contributed by atoms with Gasteiger partial charge in [-0.25, -0.2) is 0 Å². The van der Waals surface area contributed by atoms with Crippen LogP contribution in [0.3, 0.4) is 0 Å². The highest BCUT2D eigenvalue weighted by Gasteiger charge is 1.95. The lowest BCUT2D eigenvalue weighted by Gasteiger charge is -1.98. The minimum absolute atomic E-state index is 0.670. The lowest BCUT2D eigenvalue weighted by molar-refractivity contribution is 1.01. The van der Waals surface area contributed by atoms with Crippen molar-refractivity contribution in [2.24, 2.45) is 5.73 Å². The fraction of sp³-hybridized carbons (Fsp3) is 0.300. The van der Waals surface area contributed by atoms with Gasteiger partial charge in [-0.2, -0.15) is 0 Å². The number of rotatable bonds is 3. The third-order valence-electron chi connectivity index (χ3n) is 1.69. The van der Waals surface area contributed by atoms with Crippen LogP contribution in [0.5, 0.6) is 0 Å². The maximum Gasteiger partial charge on any atom is 0.0656 e. The largest absolute Gasteiger partial charge is 0.330 e. The Labute approximate surface area is 83.4 Å². The monoisotopic (exact) mass is 196 g/mol. The predicted octanol–water partition coefficient (Wildman–Crippen LogP) is 2.41. The molecule has 0 aliphatic heterocycles. The second kappa shape index (κ2) is 5.00. The Balaban J connectivity index is 2.77. The standard InChI is InChI=1S/C10H13ClN2/c1-8-6-9(11)7-13-10(8)4-2-3-5-12/h2,4,6-7H,3,5,12H2,1H3. The van der Waals surface area contributed by atoms with Crippen molar-refractivity contribution in [3.63, 3.8) is 0 Å². The first-order valence-electron chi connectivity index (χ1n) is 4.23. The van der Waals surface area contributed by atoms with Gasteiger partial charge >= 0.3 is 0 Å². The number of hydrogen-bond donors (Lipinski definition) is 1. The average molecular weight is 197 g/mol. The van der Waals surface area contributed by atoms with Crippen molar-refractivity contribution in [2.45, 2.75) is 13.3 Å². The van der Waals surface area contributed by atoms with Gasteiger partial charge in [0.15, 0.2) is 0 Å². The Morgan fingerprint density at radius 2 is 2.38 bits per heavy atom. The van der Waals surface area contributed by atoms with E-state index in [9.17, 15) is 0 Å². The number of aryl methyl sites for hydroxylation is 1. The van der Waals surface area contributed by atoms with E-state index in [-0.39, 0.29) is 0 Å². The van der Waals surface area contributed by atoms with Crippen molar-refractivity contribution in [3.8, 4) is 0 Å². The molecule has 0 amide bonds. The number of pyridine rings is 1. The second-order valence-corrected chi connectivity index (χ2v) is 3.27. The van der Waals surface area contributed by atoms with Crippen LogP contribution in [-0.4, -0.2) is 11.5 Å². The summed E-state index contributed by atoms with van der Waals surface area (Å²) in [6.07, 6.45) is 6.52. The molecule has 1 aromatic heterocycles. The summed E-state index contributed by atoms with van der Waals surface area (Å²) in [6.45, 7) is 2.66. The molecule has 1 heterocycles. The van der Waals surface area contributed by atoms with Gasteiger partial charge in [0.05, 0.1) is 10.7 Å². The summed E-state index contributed by atoms with van der Waals surface area (Å²) in [7, 11) is 0. The van der Waals surface area contributed by atoms with Gasteiger partial charge < -0.3 is 5.73 Å². The summed E-state index contributed by atoms with van der Waals surface area (Å²) in [5.74, 6) is 0. The average Bonchev–Trinajstić information content (AvgIpc) is 2.09. The summed E-state index contributed by atoms with van der Waals surface area (Å²) in [5.41, 5.74) is 7.40. The van der Waals surface area contributed by atoms with Crippen LogP contribution in [0.1, 0.15) is 17.7 Å². The van der Waals surface area contributed by atoms with Gasteiger partial charge in [0.1, 0.15) is 0 Å². The van der Waals surface area contributed by atoms with E-state index in [1.54, 1.807) is 6.20 Å².